The van der Waals surface area contributed by atoms with Crippen molar-refractivity contribution in [1.82, 2.24) is 14.9 Å². The molecule has 1 atom stereocenters. The Hall–Kier alpha value is -3.08. The summed E-state index contributed by atoms with van der Waals surface area (Å²) in [5.41, 5.74) is 2.46. The lowest BCUT2D eigenvalue weighted by Gasteiger charge is -2.32. The number of carbonyl (C=O) groups excluding carboxylic acids is 1. The Labute approximate surface area is 157 Å². The van der Waals surface area contributed by atoms with Crippen molar-refractivity contribution < 1.29 is 9.18 Å². The number of rotatable bonds is 3. The summed E-state index contributed by atoms with van der Waals surface area (Å²) in [6.07, 6.45) is 3.69. The van der Waals surface area contributed by atoms with Gasteiger partial charge in [-0.25, -0.2) is 14.4 Å². The van der Waals surface area contributed by atoms with Crippen molar-refractivity contribution in [3.63, 3.8) is 0 Å². The topological polar surface area (TPSA) is 46.1 Å². The molecule has 0 spiro atoms. The molecule has 0 unspecified atom stereocenters. The smallest absolute Gasteiger partial charge is 0.253 e. The van der Waals surface area contributed by atoms with Crippen LogP contribution in [-0.4, -0.2) is 33.9 Å². The minimum Gasteiger partial charge on any atom is -0.338 e. The number of carbonyl (C=O) groups is 1. The van der Waals surface area contributed by atoms with Gasteiger partial charge in [0.05, 0.1) is 0 Å². The van der Waals surface area contributed by atoms with E-state index >= 15 is 0 Å². The predicted molar refractivity (Wildman–Crippen MR) is 102 cm³/mol. The molecule has 1 aliphatic heterocycles. The summed E-state index contributed by atoms with van der Waals surface area (Å²) < 4.78 is 13.1. The maximum Gasteiger partial charge on any atom is 0.253 e. The maximum atomic E-state index is 13.1. The number of piperidine rings is 1. The molecule has 1 saturated heterocycles. The van der Waals surface area contributed by atoms with Crippen LogP contribution in [0.15, 0.2) is 66.9 Å². The zero-order valence-corrected chi connectivity index (χ0v) is 14.9. The van der Waals surface area contributed by atoms with Gasteiger partial charge in [-0.05, 0) is 43.2 Å². The molecule has 4 nitrogen and oxygen atoms in total. The summed E-state index contributed by atoms with van der Waals surface area (Å²) in [7, 11) is 0. The van der Waals surface area contributed by atoms with Gasteiger partial charge in [0.2, 0.25) is 0 Å². The first-order chi connectivity index (χ1) is 13.2. The molecule has 5 heteroatoms. The summed E-state index contributed by atoms with van der Waals surface area (Å²) >= 11 is 0. The Morgan fingerprint density at radius 2 is 1.81 bits per heavy atom. The van der Waals surface area contributed by atoms with Gasteiger partial charge in [0, 0.05) is 42.0 Å². The fourth-order valence-corrected chi connectivity index (χ4v) is 3.50. The average molecular weight is 361 g/mol. The highest BCUT2D eigenvalue weighted by Crippen LogP contribution is 2.27. The lowest BCUT2D eigenvalue weighted by Crippen LogP contribution is -2.39. The minimum absolute atomic E-state index is 0.0583. The van der Waals surface area contributed by atoms with Gasteiger partial charge in [-0.3, -0.25) is 4.79 Å². The molecular formula is C22H20FN3O. The molecule has 1 fully saturated rings. The van der Waals surface area contributed by atoms with Crippen LogP contribution in [0.3, 0.4) is 0 Å². The third-order valence-electron chi connectivity index (χ3n) is 4.93. The van der Waals surface area contributed by atoms with Crippen LogP contribution < -0.4 is 0 Å². The highest BCUT2D eigenvalue weighted by Gasteiger charge is 2.26. The van der Waals surface area contributed by atoms with Crippen LogP contribution >= 0.6 is 0 Å². The predicted octanol–water partition coefficient (Wildman–Crippen LogP) is 4.30. The second-order valence-electron chi connectivity index (χ2n) is 6.77. The summed E-state index contributed by atoms with van der Waals surface area (Å²) in [6.45, 7) is 1.32. The Kier molecular flexibility index (Phi) is 4.92. The SMILES string of the molecule is O=C(c1ccc(F)cc1)N1CCC[C@H](c2ccnc(-c3ccccc3)n2)C1. The highest BCUT2D eigenvalue weighted by atomic mass is 19.1. The molecule has 0 N–H and O–H groups in total. The molecule has 2 aromatic carbocycles. The van der Waals surface area contributed by atoms with Gasteiger partial charge in [-0.1, -0.05) is 30.3 Å². The summed E-state index contributed by atoms with van der Waals surface area (Å²) in [5.74, 6) is 0.484. The lowest BCUT2D eigenvalue weighted by atomic mass is 9.94. The molecule has 4 rings (SSSR count). The maximum absolute atomic E-state index is 13.1. The van der Waals surface area contributed by atoms with Gasteiger partial charge in [-0.15, -0.1) is 0 Å². The Morgan fingerprint density at radius 3 is 2.59 bits per heavy atom. The van der Waals surface area contributed by atoms with Gasteiger partial charge >= 0.3 is 0 Å². The third-order valence-corrected chi connectivity index (χ3v) is 4.93. The van der Waals surface area contributed by atoms with E-state index in [1.807, 2.05) is 41.3 Å². The monoisotopic (exact) mass is 361 g/mol. The second-order valence-corrected chi connectivity index (χ2v) is 6.77. The fraction of sp³-hybridized carbons (Fsp3) is 0.227. The highest BCUT2D eigenvalue weighted by molar-refractivity contribution is 5.94. The Balaban J connectivity index is 1.53. The molecule has 136 valence electrons. The number of halogens is 1. The summed E-state index contributed by atoms with van der Waals surface area (Å²) in [5, 5.41) is 0. The van der Waals surface area contributed by atoms with E-state index in [0.29, 0.717) is 24.5 Å². The zero-order valence-electron chi connectivity index (χ0n) is 14.9. The number of hydrogen-bond donors (Lipinski definition) is 0. The number of nitrogens with zero attached hydrogens (tertiary/aromatic N) is 3. The molecular weight excluding hydrogens is 341 g/mol. The van der Waals surface area contributed by atoms with Crippen molar-refractivity contribution in [3.8, 4) is 11.4 Å². The Morgan fingerprint density at radius 1 is 1.04 bits per heavy atom. The standard InChI is InChI=1S/C22H20FN3O/c23-19-10-8-17(9-11-19)22(27)26-14-4-7-18(15-26)20-12-13-24-21(25-20)16-5-2-1-3-6-16/h1-3,5-6,8-13,18H,4,7,14-15H2/t18-/m0/s1. The molecule has 0 bridgehead atoms. The third kappa shape index (κ3) is 3.87. The first-order valence-corrected chi connectivity index (χ1v) is 9.14. The van der Waals surface area contributed by atoms with Crippen molar-refractivity contribution in [3.05, 3.63) is 83.9 Å². The van der Waals surface area contributed by atoms with E-state index in [2.05, 4.69) is 4.98 Å². The molecule has 0 aliphatic carbocycles. The summed E-state index contributed by atoms with van der Waals surface area (Å²) in [6, 6.07) is 17.5. The van der Waals surface area contributed by atoms with Crippen LogP contribution in [-0.2, 0) is 0 Å². The van der Waals surface area contributed by atoms with E-state index in [1.54, 1.807) is 18.3 Å². The first kappa shape index (κ1) is 17.3. The zero-order chi connectivity index (χ0) is 18.6. The van der Waals surface area contributed by atoms with Gasteiger partial charge in [0.1, 0.15) is 5.82 Å². The average Bonchev–Trinajstić information content (AvgIpc) is 2.75. The van der Waals surface area contributed by atoms with Crippen molar-refractivity contribution in [2.45, 2.75) is 18.8 Å². The second kappa shape index (κ2) is 7.66. The van der Waals surface area contributed by atoms with Gasteiger partial charge in [0.15, 0.2) is 5.82 Å². The molecule has 1 aliphatic rings. The number of hydrogen-bond acceptors (Lipinski definition) is 3. The van der Waals surface area contributed by atoms with E-state index in [4.69, 9.17) is 4.98 Å². The van der Waals surface area contributed by atoms with Crippen LogP contribution in [0.4, 0.5) is 4.39 Å². The van der Waals surface area contributed by atoms with Crippen LogP contribution in [0.1, 0.15) is 34.8 Å². The molecule has 1 amide bonds. The van der Waals surface area contributed by atoms with Gasteiger partial charge in [0.25, 0.3) is 5.91 Å². The fourth-order valence-electron chi connectivity index (χ4n) is 3.50. The van der Waals surface area contributed by atoms with E-state index in [-0.39, 0.29) is 17.6 Å². The molecule has 0 saturated carbocycles. The number of amides is 1. The van der Waals surface area contributed by atoms with Crippen molar-refractivity contribution in [2.75, 3.05) is 13.1 Å². The first-order valence-electron chi connectivity index (χ1n) is 9.14. The largest absolute Gasteiger partial charge is 0.338 e. The van der Waals surface area contributed by atoms with Gasteiger partial charge < -0.3 is 4.90 Å². The van der Waals surface area contributed by atoms with Crippen LogP contribution in [0.5, 0.6) is 0 Å². The molecule has 27 heavy (non-hydrogen) atoms. The summed E-state index contributed by atoms with van der Waals surface area (Å²) in [4.78, 5) is 23.7. The van der Waals surface area contributed by atoms with E-state index in [1.165, 1.54) is 12.1 Å². The minimum atomic E-state index is -0.336. The van der Waals surface area contributed by atoms with E-state index in [9.17, 15) is 9.18 Å². The van der Waals surface area contributed by atoms with Crippen LogP contribution in [0.2, 0.25) is 0 Å². The normalized spacial score (nSPS) is 16.9. The Bertz CT molecular complexity index is 928. The van der Waals surface area contributed by atoms with Crippen LogP contribution in [0.25, 0.3) is 11.4 Å². The quantitative estimate of drug-likeness (QED) is 0.699. The number of likely N-dealkylation sites (tertiary alicyclic amines) is 1. The molecule has 0 radical (unpaired) electrons. The van der Waals surface area contributed by atoms with E-state index < -0.39 is 0 Å². The molecule has 3 aromatic rings. The van der Waals surface area contributed by atoms with E-state index in [0.717, 1.165) is 24.1 Å². The molecule has 2 heterocycles. The molecule has 1 aromatic heterocycles. The van der Waals surface area contributed by atoms with Crippen LogP contribution in [0, 0.1) is 5.82 Å². The lowest BCUT2D eigenvalue weighted by molar-refractivity contribution is 0.0706. The van der Waals surface area contributed by atoms with Crippen molar-refractivity contribution in [2.24, 2.45) is 0 Å². The van der Waals surface area contributed by atoms with Crippen molar-refractivity contribution >= 4 is 5.91 Å². The van der Waals surface area contributed by atoms with Crippen molar-refractivity contribution in [1.29, 1.82) is 0 Å². The number of aromatic nitrogens is 2. The number of benzene rings is 2. The van der Waals surface area contributed by atoms with Gasteiger partial charge in [-0.2, -0.15) is 0 Å².